The van der Waals surface area contributed by atoms with Crippen LogP contribution in [0, 0.1) is 5.82 Å². The van der Waals surface area contributed by atoms with Gasteiger partial charge in [-0.1, -0.05) is 18.2 Å². The predicted molar refractivity (Wildman–Crippen MR) is 75.1 cm³/mol. The van der Waals surface area contributed by atoms with Crippen molar-refractivity contribution in [3.63, 3.8) is 0 Å². The zero-order valence-corrected chi connectivity index (χ0v) is 11.9. The minimum atomic E-state index is -0.452. The van der Waals surface area contributed by atoms with E-state index in [1.807, 2.05) is 6.92 Å². The highest BCUT2D eigenvalue weighted by molar-refractivity contribution is 9.10. The van der Waals surface area contributed by atoms with Crippen LogP contribution in [0.1, 0.15) is 22.8 Å². The van der Waals surface area contributed by atoms with E-state index in [-0.39, 0.29) is 10.3 Å². The molecular formula is C15H12BrFO2. The van der Waals surface area contributed by atoms with Gasteiger partial charge in [0.2, 0.25) is 0 Å². The maximum atomic E-state index is 13.4. The SMILES string of the molecule is CCOc1cccc(C(=O)c2cccc(F)c2Br)c1. The molecule has 0 aliphatic carbocycles. The quantitative estimate of drug-likeness (QED) is 0.788. The van der Waals surface area contributed by atoms with Gasteiger partial charge in [-0.15, -0.1) is 0 Å². The molecule has 0 bridgehead atoms. The Labute approximate surface area is 119 Å². The van der Waals surface area contributed by atoms with Crippen molar-refractivity contribution in [3.05, 3.63) is 63.9 Å². The molecule has 0 saturated carbocycles. The highest BCUT2D eigenvalue weighted by Crippen LogP contribution is 2.24. The molecule has 19 heavy (non-hydrogen) atoms. The van der Waals surface area contributed by atoms with Crippen molar-refractivity contribution in [2.24, 2.45) is 0 Å². The van der Waals surface area contributed by atoms with Crippen LogP contribution in [0.25, 0.3) is 0 Å². The van der Waals surface area contributed by atoms with Crippen molar-refractivity contribution in [1.29, 1.82) is 0 Å². The number of carbonyl (C=O) groups excluding carboxylic acids is 1. The van der Waals surface area contributed by atoms with Gasteiger partial charge >= 0.3 is 0 Å². The molecular weight excluding hydrogens is 311 g/mol. The van der Waals surface area contributed by atoms with Crippen LogP contribution in [0.2, 0.25) is 0 Å². The Bertz CT molecular complexity index is 611. The Hall–Kier alpha value is -1.68. The number of benzene rings is 2. The lowest BCUT2D eigenvalue weighted by Crippen LogP contribution is -2.04. The van der Waals surface area contributed by atoms with Gasteiger partial charge in [-0.3, -0.25) is 4.79 Å². The Morgan fingerprint density at radius 3 is 2.74 bits per heavy atom. The molecule has 2 aromatic carbocycles. The molecule has 0 radical (unpaired) electrons. The fourth-order valence-corrected chi connectivity index (χ4v) is 2.17. The largest absolute Gasteiger partial charge is 0.494 e. The molecule has 4 heteroatoms. The van der Waals surface area contributed by atoms with Crippen molar-refractivity contribution in [1.82, 2.24) is 0 Å². The molecule has 0 unspecified atom stereocenters. The zero-order valence-electron chi connectivity index (χ0n) is 10.3. The number of hydrogen-bond acceptors (Lipinski definition) is 2. The van der Waals surface area contributed by atoms with Crippen LogP contribution in [0.3, 0.4) is 0 Å². The first-order valence-corrected chi connectivity index (χ1v) is 6.64. The second kappa shape index (κ2) is 5.97. The molecule has 2 nitrogen and oxygen atoms in total. The molecule has 0 aromatic heterocycles. The molecule has 0 N–H and O–H groups in total. The Kier molecular flexibility index (Phi) is 4.32. The van der Waals surface area contributed by atoms with Crippen LogP contribution in [-0.2, 0) is 0 Å². The summed E-state index contributed by atoms with van der Waals surface area (Å²) >= 11 is 3.10. The predicted octanol–water partition coefficient (Wildman–Crippen LogP) is 4.22. The van der Waals surface area contributed by atoms with Crippen LogP contribution < -0.4 is 4.74 Å². The third-order valence-electron chi connectivity index (χ3n) is 2.60. The summed E-state index contributed by atoms with van der Waals surface area (Å²) in [5.74, 6) is -0.0689. The van der Waals surface area contributed by atoms with Crippen LogP contribution in [0.15, 0.2) is 46.9 Å². The van der Waals surface area contributed by atoms with Gasteiger partial charge in [0.25, 0.3) is 0 Å². The number of hydrogen-bond donors (Lipinski definition) is 0. The Morgan fingerprint density at radius 1 is 1.26 bits per heavy atom. The molecule has 0 heterocycles. The molecule has 0 aliphatic rings. The van der Waals surface area contributed by atoms with E-state index in [0.717, 1.165) is 0 Å². The van der Waals surface area contributed by atoms with Crippen molar-refractivity contribution in [2.45, 2.75) is 6.92 Å². The van der Waals surface area contributed by atoms with E-state index in [0.29, 0.717) is 23.5 Å². The topological polar surface area (TPSA) is 26.3 Å². The molecule has 0 fully saturated rings. The summed E-state index contributed by atoms with van der Waals surface area (Å²) in [5, 5.41) is 0. The van der Waals surface area contributed by atoms with Crippen LogP contribution in [0.4, 0.5) is 4.39 Å². The summed E-state index contributed by atoms with van der Waals surface area (Å²) in [6.45, 7) is 2.40. The first kappa shape index (κ1) is 13.7. The molecule has 0 aliphatic heterocycles. The Balaban J connectivity index is 2.38. The van der Waals surface area contributed by atoms with Crippen LogP contribution in [0.5, 0.6) is 5.75 Å². The lowest BCUT2D eigenvalue weighted by molar-refractivity contribution is 0.103. The summed E-state index contributed by atoms with van der Waals surface area (Å²) < 4.78 is 19.0. The van der Waals surface area contributed by atoms with Gasteiger partial charge in [0.15, 0.2) is 5.78 Å². The fourth-order valence-electron chi connectivity index (χ4n) is 1.73. The van der Waals surface area contributed by atoms with E-state index in [4.69, 9.17) is 4.74 Å². The zero-order chi connectivity index (χ0) is 13.8. The number of rotatable bonds is 4. The maximum absolute atomic E-state index is 13.4. The van der Waals surface area contributed by atoms with E-state index >= 15 is 0 Å². The monoisotopic (exact) mass is 322 g/mol. The first-order valence-electron chi connectivity index (χ1n) is 5.85. The van der Waals surface area contributed by atoms with Gasteiger partial charge in [-0.25, -0.2) is 4.39 Å². The van der Waals surface area contributed by atoms with E-state index < -0.39 is 5.82 Å². The summed E-state index contributed by atoms with van der Waals surface area (Å²) in [5.41, 5.74) is 0.769. The van der Waals surface area contributed by atoms with Gasteiger partial charge < -0.3 is 4.74 Å². The van der Waals surface area contributed by atoms with Crippen molar-refractivity contribution < 1.29 is 13.9 Å². The van der Waals surface area contributed by atoms with Crippen LogP contribution in [-0.4, -0.2) is 12.4 Å². The molecule has 0 amide bonds. The lowest BCUT2D eigenvalue weighted by Gasteiger charge is -2.07. The number of ether oxygens (including phenoxy) is 1. The molecule has 0 saturated heterocycles. The van der Waals surface area contributed by atoms with Gasteiger partial charge in [-0.05, 0) is 47.1 Å². The second-order valence-electron chi connectivity index (χ2n) is 3.89. The van der Waals surface area contributed by atoms with E-state index in [2.05, 4.69) is 15.9 Å². The fraction of sp³-hybridized carbons (Fsp3) is 0.133. The van der Waals surface area contributed by atoms with Crippen LogP contribution >= 0.6 is 15.9 Å². The molecule has 0 spiro atoms. The van der Waals surface area contributed by atoms with E-state index in [1.165, 1.54) is 12.1 Å². The van der Waals surface area contributed by atoms with Gasteiger partial charge in [0, 0.05) is 11.1 Å². The minimum absolute atomic E-state index is 0.182. The standard InChI is InChI=1S/C15H12BrFO2/c1-2-19-11-6-3-5-10(9-11)15(18)12-7-4-8-13(17)14(12)16/h3-9H,2H2,1H3. The average Bonchev–Trinajstić information content (AvgIpc) is 2.42. The second-order valence-corrected chi connectivity index (χ2v) is 4.68. The third kappa shape index (κ3) is 3.01. The van der Waals surface area contributed by atoms with Crippen molar-refractivity contribution in [2.75, 3.05) is 6.61 Å². The smallest absolute Gasteiger partial charge is 0.194 e. The summed E-state index contributed by atoms with van der Waals surface area (Å²) in [6.07, 6.45) is 0. The number of carbonyl (C=O) groups is 1. The molecule has 2 aromatic rings. The van der Waals surface area contributed by atoms with Gasteiger partial charge in [-0.2, -0.15) is 0 Å². The number of ketones is 1. The van der Waals surface area contributed by atoms with Crippen molar-refractivity contribution >= 4 is 21.7 Å². The summed E-state index contributed by atoms with van der Waals surface area (Å²) in [6, 6.07) is 11.3. The first-order chi connectivity index (χ1) is 9.13. The highest BCUT2D eigenvalue weighted by Gasteiger charge is 2.15. The average molecular weight is 323 g/mol. The highest BCUT2D eigenvalue weighted by atomic mass is 79.9. The third-order valence-corrected chi connectivity index (χ3v) is 3.41. The molecule has 2 rings (SSSR count). The minimum Gasteiger partial charge on any atom is -0.494 e. The van der Waals surface area contributed by atoms with Gasteiger partial charge in [0.1, 0.15) is 11.6 Å². The molecule has 0 atom stereocenters. The number of halogens is 2. The van der Waals surface area contributed by atoms with Crippen molar-refractivity contribution in [3.8, 4) is 5.75 Å². The van der Waals surface area contributed by atoms with E-state index in [1.54, 1.807) is 30.3 Å². The summed E-state index contributed by atoms with van der Waals surface area (Å²) in [7, 11) is 0. The normalized spacial score (nSPS) is 10.3. The maximum Gasteiger partial charge on any atom is 0.194 e. The molecule has 98 valence electrons. The lowest BCUT2D eigenvalue weighted by atomic mass is 10.0. The van der Waals surface area contributed by atoms with E-state index in [9.17, 15) is 9.18 Å². The Morgan fingerprint density at radius 2 is 2.00 bits per heavy atom. The summed E-state index contributed by atoms with van der Waals surface area (Å²) in [4.78, 5) is 12.3. The van der Waals surface area contributed by atoms with Gasteiger partial charge in [0.05, 0.1) is 11.1 Å².